The van der Waals surface area contributed by atoms with E-state index in [9.17, 15) is 0 Å². The van der Waals surface area contributed by atoms with Gasteiger partial charge >= 0.3 is 0 Å². The van der Waals surface area contributed by atoms with Gasteiger partial charge in [0.2, 0.25) is 0 Å². The summed E-state index contributed by atoms with van der Waals surface area (Å²) in [6.07, 6.45) is 8.91. The Morgan fingerprint density at radius 2 is 1.95 bits per heavy atom. The molecule has 19 heavy (non-hydrogen) atoms. The standard InChI is InChI=1S/C17H18N2/c18-11-9-13-7-4-8-16-15(13)10-12-19-17(16)14-5-2-1-3-6-14/h4,7-8,10,12,14H,1-3,5-6,9H2. The molecule has 0 spiro atoms. The molecule has 96 valence electrons. The predicted octanol–water partition coefficient (Wildman–Crippen LogP) is 4.35. The molecule has 0 atom stereocenters. The molecule has 1 saturated carbocycles. The lowest BCUT2D eigenvalue weighted by atomic mass is 9.84. The monoisotopic (exact) mass is 250 g/mol. The molecule has 0 saturated heterocycles. The zero-order chi connectivity index (χ0) is 13.1. The van der Waals surface area contributed by atoms with Crippen LogP contribution in [-0.4, -0.2) is 4.98 Å². The van der Waals surface area contributed by atoms with Crippen LogP contribution in [0.3, 0.4) is 0 Å². The summed E-state index contributed by atoms with van der Waals surface area (Å²) in [6.45, 7) is 0. The van der Waals surface area contributed by atoms with Gasteiger partial charge in [-0.05, 0) is 29.9 Å². The third kappa shape index (κ3) is 2.33. The van der Waals surface area contributed by atoms with E-state index in [0.29, 0.717) is 12.3 Å². The van der Waals surface area contributed by atoms with Gasteiger partial charge in [0, 0.05) is 17.5 Å². The Kier molecular flexibility index (Phi) is 3.46. The fraction of sp³-hybridized carbons (Fsp3) is 0.412. The van der Waals surface area contributed by atoms with Crippen molar-refractivity contribution in [3.63, 3.8) is 0 Å². The summed E-state index contributed by atoms with van der Waals surface area (Å²) >= 11 is 0. The van der Waals surface area contributed by atoms with Crippen molar-refractivity contribution in [3.05, 3.63) is 41.7 Å². The Morgan fingerprint density at radius 3 is 2.74 bits per heavy atom. The summed E-state index contributed by atoms with van der Waals surface area (Å²) in [7, 11) is 0. The highest BCUT2D eigenvalue weighted by atomic mass is 14.7. The Bertz CT molecular complexity index is 619. The fourth-order valence-corrected chi connectivity index (χ4v) is 3.24. The van der Waals surface area contributed by atoms with Crippen molar-refractivity contribution in [1.29, 1.82) is 5.26 Å². The van der Waals surface area contributed by atoms with Gasteiger partial charge in [0.15, 0.2) is 0 Å². The van der Waals surface area contributed by atoms with Crippen molar-refractivity contribution >= 4 is 10.8 Å². The van der Waals surface area contributed by atoms with Crippen LogP contribution < -0.4 is 0 Å². The molecule has 1 heterocycles. The van der Waals surface area contributed by atoms with Crippen LogP contribution in [0.2, 0.25) is 0 Å². The number of benzene rings is 1. The van der Waals surface area contributed by atoms with Crippen molar-refractivity contribution in [1.82, 2.24) is 4.98 Å². The molecular formula is C17H18N2. The molecule has 1 aliphatic rings. The molecule has 0 radical (unpaired) electrons. The number of pyridine rings is 1. The average Bonchev–Trinajstić information content (AvgIpc) is 2.48. The van der Waals surface area contributed by atoms with Gasteiger partial charge in [-0.1, -0.05) is 37.5 Å². The molecule has 0 bridgehead atoms. The minimum Gasteiger partial charge on any atom is -0.260 e. The van der Waals surface area contributed by atoms with E-state index < -0.39 is 0 Å². The van der Waals surface area contributed by atoms with E-state index in [-0.39, 0.29) is 0 Å². The van der Waals surface area contributed by atoms with Gasteiger partial charge in [0.05, 0.1) is 18.2 Å². The largest absolute Gasteiger partial charge is 0.260 e. The second-order valence-electron chi connectivity index (χ2n) is 5.38. The van der Waals surface area contributed by atoms with Crippen LogP contribution in [0.5, 0.6) is 0 Å². The zero-order valence-corrected chi connectivity index (χ0v) is 11.1. The number of fused-ring (bicyclic) bond motifs is 1. The maximum absolute atomic E-state index is 8.93. The quantitative estimate of drug-likeness (QED) is 0.794. The number of nitrogens with zero attached hydrogens (tertiary/aromatic N) is 2. The van der Waals surface area contributed by atoms with Crippen LogP contribution in [0, 0.1) is 11.3 Å². The minimum absolute atomic E-state index is 0.478. The third-order valence-corrected chi connectivity index (χ3v) is 4.19. The fourth-order valence-electron chi connectivity index (χ4n) is 3.24. The zero-order valence-electron chi connectivity index (χ0n) is 11.1. The van der Waals surface area contributed by atoms with E-state index >= 15 is 0 Å². The van der Waals surface area contributed by atoms with Gasteiger partial charge in [0.1, 0.15) is 0 Å². The van der Waals surface area contributed by atoms with Crippen molar-refractivity contribution in [2.24, 2.45) is 0 Å². The molecule has 0 N–H and O–H groups in total. The van der Waals surface area contributed by atoms with Crippen molar-refractivity contribution in [2.45, 2.75) is 44.4 Å². The van der Waals surface area contributed by atoms with E-state index in [2.05, 4.69) is 29.3 Å². The first-order valence-electron chi connectivity index (χ1n) is 7.13. The molecule has 1 aliphatic carbocycles. The minimum atomic E-state index is 0.478. The lowest BCUT2D eigenvalue weighted by Gasteiger charge is -2.22. The first-order valence-corrected chi connectivity index (χ1v) is 7.13. The number of hydrogen-bond acceptors (Lipinski definition) is 2. The van der Waals surface area contributed by atoms with Crippen LogP contribution in [0.25, 0.3) is 10.8 Å². The maximum atomic E-state index is 8.93. The highest BCUT2D eigenvalue weighted by Crippen LogP contribution is 2.35. The molecule has 2 nitrogen and oxygen atoms in total. The summed E-state index contributed by atoms with van der Waals surface area (Å²) in [4.78, 5) is 4.65. The predicted molar refractivity (Wildman–Crippen MR) is 76.9 cm³/mol. The molecule has 1 fully saturated rings. The lowest BCUT2D eigenvalue weighted by Crippen LogP contribution is -2.07. The summed E-state index contributed by atoms with van der Waals surface area (Å²) in [5.41, 5.74) is 2.37. The topological polar surface area (TPSA) is 36.7 Å². The van der Waals surface area contributed by atoms with Crippen molar-refractivity contribution < 1.29 is 0 Å². The molecular weight excluding hydrogens is 232 g/mol. The van der Waals surface area contributed by atoms with Crippen molar-refractivity contribution in [3.8, 4) is 6.07 Å². The Hall–Kier alpha value is -1.88. The van der Waals surface area contributed by atoms with Gasteiger partial charge in [-0.25, -0.2) is 0 Å². The van der Waals surface area contributed by atoms with Crippen LogP contribution >= 0.6 is 0 Å². The number of aromatic nitrogens is 1. The summed E-state index contributed by atoms with van der Waals surface area (Å²) < 4.78 is 0. The molecule has 1 aromatic heterocycles. The van der Waals surface area contributed by atoms with Gasteiger partial charge in [-0.2, -0.15) is 5.26 Å². The van der Waals surface area contributed by atoms with Crippen molar-refractivity contribution in [2.75, 3.05) is 0 Å². The smallest absolute Gasteiger partial charge is 0.0669 e. The molecule has 0 aliphatic heterocycles. The number of hydrogen-bond donors (Lipinski definition) is 0. The molecule has 0 unspecified atom stereocenters. The van der Waals surface area contributed by atoms with E-state index in [1.807, 2.05) is 12.3 Å². The summed E-state index contributed by atoms with van der Waals surface area (Å²) in [5, 5.41) is 11.4. The average molecular weight is 250 g/mol. The Morgan fingerprint density at radius 1 is 1.11 bits per heavy atom. The van der Waals surface area contributed by atoms with Crippen LogP contribution in [0.1, 0.15) is 49.3 Å². The van der Waals surface area contributed by atoms with Crippen LogP contribution in [0.4, 0.5) is 0 Å². The maximum Gasteiger partial charge on any atom is 0.0669 e. The lowest BCUT2D eigenvalue weighted by molar-refractivity contribution is 0.439. The third-order valence-electron chi connectivity index (χ3n) is 4.19. The molecule has 0 amide bonds. The highest BCUT2D eigenvalue weighted by Gasteiger charge is 2.19. The second kappa shape index (κ2) is 5.40. The molecule has 3 rings (SSSR count). The second-order valence-corrected chi connectivity index (χ2v) is 5.38. The number of rotatable bonds is 2. The Balaban J connectivity index is 2.10. The SMILES string of the molecule is N#CCc1cccc2c(C3CCCCC3)nccc12. The molecule has 1 aromatic carbocycles. The summed E-state index contributed by atoms with van der Waals surface area (Å²) in [5.74, 6) is 0.606. The van der Waals surface area contributed by atoms with E-state index in [1.165, 1.54) is 48.6 Å². The first-order chi connectivity index (χ1) is 9.40. The van der Waals surface area contributed by atoms with E-state index in [1.54, 1.807) is 0 Å². The first kappa shape index (κ1) is 12.2. The highest BCUT2D eigenvalue weighted by molar-refractivity contribution is 5.88. The Labute approximate surface area is 114 Å². The van der Waals surface area contributed by atoms with Crippen LogP contribution in [-0.2, 0) is 6.42 Å². The number of nitriles is 1. The summed E-state index contributed by atoms with van der Waals surface area (Å²) in [6, 6.07) is 10.6. The van der Waals surface area contributed by atoms with E-state index in [4.69, 9.17) is 5.26 Å². The van der Waals surface area contributed by atoms with Gasteiger partial charge in [-0.15, -0.1) is 0 Å². The van der Waals surface area contributed by atoms with Crippen LogP contribution in [0.15, 0.2) is 30.5 Å². The molecule has 2 heteroatoms. The molecule has 2 aromatic rings. The normalized spacial score (nSPS) is 16.4. The van der Waals surface area contributed by atoms with E-state index in [0.717, 1.165) is 5.56 Å². The van der Waals surface area contributed by atoms with Gasteiger partial charge in [-0.3, -0.25) is 4.98 Å². The van der Waals surface area contributed by atoms with Gasteiger partial charge < -0.3 is 0 Å². The van der Waals surface area contributed by atoms with Gasteiger partial charge in [0.25, 0.3) is 0 Å².